The summed E-state index contributed by atoms with van der Waals surface area (Å²) in [7, 11) is 0. The Morgan fingerprint density at radius 1 is 1.00 bits per heavy atom. The van der Waals surface area contributed by atoms with Crippen LogP contribution in [-0.4, -0.2) is 23.4 Å². The third-order valence-electron chi connectivity index (χ3n) is 0.447. The zero-order valence-corrected chi connectivity index (χ0v) is 12.9. The van der Waals surface area contributed by atoms with E-state index in [1.54, 1.807) is 0 Å². The Balaban J connectivity index is -0.0000000886. The first-order chi connectivity index (χ1) is 5.24. The van der Waals surface area contributed by atoms with E-state index in [0.29, 0.717) is 24.9 Å². The van der Waals surface area contributed by atoms with E-state index in [9.17, 15) is 0 Å². The molecule has 2 N–H and O–H groups in total. The third-order valence-corrected chi connectivity index (χ3v) is 0.447. The summed E-state index contributed by atoms with van der Waals surface area (Å²) in [6.07, 6.45) is 1.75. The first kappa shape index (κ1) is 18.8. The molecule has 0 aliphatic carbocycles. The van der Waals surface area contributed by atoms with Crippen LogP contribution in [0.1, 0.15) is 26.7 Å². The van der Waals surface area contributed by atoms with Gasteiger partial charge in [-0.2, -0.15) is 0 Å². The Morgan fingerprint density at radius 3 is 1.09 bits per heavy atom. The molecule has 70 valence electrons. The molecular weight excluding hydrogens is 406 g/mol. The van der Waals surface area contributed by atoms with Gasteiger partial charge in [0.2, 0.25) is 0 Å². The summed E-state index contributed by atoms with van der Waals surface area (Å²) in [5.41, 5.74) is 0. The second kappa shape index (κ2) is 29.6. The number of hydrogen-bond acceptors (Lipinski definition) is 2. The van der Waals surface area contributed by atoms with Crippen molar-refractivity contribution in [1.82, 2.24) is 0 Å². The molecule has 0 aliphatic heterocycles. The van der Waals surface area contributed by atoms with E-state index in [4.69, 9.17) is 10.2 Å². The number of aliphatic hydroxyl groups is 2. The van der Waals surface area contributed by atoms with Crippen molar-refractivity contribution in [2.24, 2.45) is 0 Å². The van der Waals surface area contributed by atoms with Crippen LogP contribution < -0.4 is 0 Å². The molecule has 0 unspecified atom stereocenters. The van der Waals surface area contributed by atoms with Crippen LogP contribution in [0.4, 0.5) is 0 Å². The van der Waals surface area contributed by atoms with Crippen molar-refractivity contribution in [1.29, 1.82) is 0 Å². The molecule has 11 heavy (non-hydrogen) atoms. The van der Waals surface area contributed by atoms with E-state index in [1.807, 2.05) is 13.8 Å². The topological polar surface area (TPSA) is 40.5 Å². The Morgan fingerprint density at radius 2 is 1.09 bits per heavy atom. The summed E-state index contributed by atoms with van der Waals surface area (Å²) in [5.74, 6) is 0. The first-order valence-electron chi connectivity index (χ1n) is 3.42. The van der Waals surface area contributed by atoms with Crippen LogP contribution in [0.3, 0.4) is 0 Å². The maximum atomic E-state index is 7.88. The van der Waals surface area contributed by atoms with Crippen molar-refractivity contribution in [3.63, 3.8) is 0 Å². The molecular formula is C6H16I2O2Ti. The SMILES string of the molecule is CCCO.CCCO.[I][Ti][I]. The summed E-state index contributed by atoms with van der Waals surface area (Å²) in [6, 6.07) is 0. The number of hydrogen-bond donors (Lipinski definition) is 2. The summed E-state index contributed by atoms with van der Waals surface area (Å²) < 4.78 is 0. The van der Waals surface area contributed by atoms with Crippen LogP contribution in [0.25, 0.3) is 0 Å². The van der Waals surface area contributed by atoms with Crippen LogP contribution in [0.5, 0.6) is 0 Å². The van der Waals surface area contributed by atoms with E-state index >= 15 is 0 Å². The molecule has 0 amide bonds. The summed E-state index contributed by atoms with van der Waals surface area (Å²) in [6.45, 7) is 4.50. The molecule has 0 saturated heterocycles. The number of halogens is 2. The van der Waals surface area contributed by atoms with Gasteiger partial charge in [0.05, 0.1) is 0 Å². The van der Waals surface area contributed by atoms with Gasteiger partial charge in [0.15, 0.2) is 0 Å². The van der Waals surface area contributed by atoms with Gasteiger partial charge in [0, 0.05) is 13.2 Å². The van der Waals surface area contributed by atoms with E-state index < -0.39 is 0 Å². The van der Waals surface area contributed by atoms with Gasteiger partial charge in [-0.15, -0.1) is 0 Å². The monoisotopic (exact) mass is 422 g/mol. The van der Waals surface area contributed by atoms with E-state index in [0.717, 1.165) is 12.8 Å². The van der Waals surface area contributed by atoms with Crippen molar-refractivity contribution in [3.8, 4) is 0 Å². The molecule has 0 saturated carbocycles. The molecule has 0 bridgehead atoms. The molecule has 0 aromatic carbocycles. The molecule has 0 rings (SSSR count). The van der Waals surface area contributed by atoms with Crippen LogP contribution in [-0.2, 0) is 11.7 Å². The average molecular weight is 422 g/mol. The fourth-order valence-electron chi connectivity index (χ4n) is 0. The molecule has 0 fully saturated rings. The molecule has 0 radical (unpaired) electrons. The van der Waals surface area contributed by atoms with Crippen molar-refractivity contribution in [2.45, 2.75) is 26.7 Å². The summed E-state index contributed by atoms with van der Waals surface area (Å²) in [5, 5.41) is 15.8. The van der Waals surface area contributed by atoms with Crippen LogP contribution in [0.2, 0.25) is 0 Å². The van der Waals surface area contributed by atoms with Gasteiger partial charge < -0.3 is 10.2 Å². The Labute approximate surface area is 98.8 Å². The van der Waals surface area contributed by atoms with Crippen LogP contribution in [0, 0.1) is 0 Å². The Hall–Kier alpha value is 2.09. The van der Waals surface area contributed by atoms with Gasteiger partial charge in [-0.25, -0.2) is 0 Å². The molecule has 0 aliphatic rings. The first-order valence-corrected chi connectivity index (χ1v) is 13.5. The third kappa shape index (κ3) is 73.5. The summed E-state index contributed by atoms with van der Waals surface area (Å²) in [4.78, 5) is 0. The molecule has 2 nitrogen and oxygen atoms in total. The Bertz CT molecular complexity index is 33.8. The van der Waals surface area contributed by atoms with E-state index in [1.165, 1.54) is 0 Å². The van der Waals surface area contributed by atoms with Crippen LogP contribution >= 0.6 is 38.4 Å². The minimum absolute atomic E-state index is 0.319. The zero-order valence-electron chi connectivity index (χ0n) is 6.98. The van der Waals surface area contributed by atoms with Gasteiger partial charge >= 0.3 is 50.0 Å². The normalized spacial score (nSPS) is 6.73. The quantitative estimate of drug-likeness (QED) is 0.531. The molecule has 0 aromatic rings. The predicted molar refractivity (Wildman–Crippen MR) is 62.8 cm³/mol. The van der Waals surface area contributed by atoms with Gasteiger partial charge in [-0.1, -0.05) is 13.8 Å². The zero-order chi connectivity index (χ0) is 9.54. The number of rotatable bonds is 2. The molecule has 5 heteroatoms. The second-order valence-corrected chi connectivity index (χ2v) is 14.7. The number of aliphatic hydroxyl groups excluding tert-OH is 2. The minimum atomic E-state index is 0.319. The maximum absolute atomic E-state index is 7.88. The van der Waals surface area contributed by atoms with Crippen LogP contribution in [0.15, 0.2) is 0 Å². The van der Waals surface area contributed by atoms with Crippen molar-refractivity contribution >= 4 is 38.4 Å². The van der Waals surface area contributed by atoms with Crippen molar-refractivity contribution in [3.05, 3.63) is 0 Å². The Kier molecular flexibility index (Phi) is 50.5. The predicted octanol–water partition coefficient (Wildman–Crippen LogP) is 2.55. The van der Waals surface area contributed by atoms with Gasteiger partial charge in [-0.05, 0) is 12.8 Å². The molecule has 0 atom stereocenters. The molecule has 0 heterocycles. The standard InChI is InChI=1S/2C3H8O.2HI.Ti/c2*1-2-3-4;;;/h2*4H,2-3H2,1H3;2*1H;/q;;;;+2/p-2. The van der Waals surface area contributed by atoms with E-state index in [-0.39, 0.29) is 0 Å². The van der Waals surface area contributed by atoms with Gasteiger partial charge in [0.1, 0.15) is 0 Å². The van der Waals surface area contributed by atoms with Gasteiger partial charge in [0.25, 0.3) is 0 Å². The van der Waals surface area contributed by atoms with Crippen molar-refractivity contribution in [2.75, 3.05) is 13.2 Å². The van der Waals surface area contributed by atoms with E-state index in [2.05, 4.69) is 38.4 Å². The molecule has 0 spiro atoms. The average Bonchev–Trinajstić information content (AvgIpc) is 2.06. The molecule has 0 aromatic heterocycles. The summed E-state index contributed by atoms with van der Waals surface area (Å²) >= 11 is 5.24. The fraction of sp³-hybridized carbons (Fsp3) is 1.00. The second-order valence-electron chi connectivity index (χ2n) is 1.52. The van der Waals surface area contributed by atoms with Gasteiger partial charge in [-0.3, -0.25) is 0 Å². The fourth-order valence-corrected chi connectivity index (χ4v) is 0. The van der Waals surface area contributed by atoms with Crippen molar-refractivity contribution < 1.29 is 21.9 Å².